The highest BCUT2D eigenvalue weighted by atomic mass is 35.5. The molecule has 8 nitrogen and oxygen atoms in total. The summed E-state index contributed by atoms with van der Waals surface area (Å²) in [5, 5.41) is 10.6. The number of nitrogens with one attached hydrogen (secondary N) is 1. The predicted molar refractivity (Wildman–Crippen MR) is 111 cm³/mol. The first-order valence-corrected chi connectivity index (χ1v) is 9.93. The maximum absolute atomic E-state index is 13.4. The second-order valence-electron chi connectivity index (χ2n) is 7.94. The van der Waals surface area contributed by atoms with Crippen molar-refractivity contribution in [3.05, 3.63) is 47.0 Å². The number of hydrogen-bond donors (Lipinski definition) is 1. The second kappa shape index (κ2) is 7.44. The number of likely N-dealkylation sites (N-methyl/N-ethyl adjacent to an activating group) is 1. The van der Waals surface area contributed by atoms with Crippen molar-refractivity contribution in [3.63, 3.8) is 0 Å². The summed E-state index contributed by atoms with van der Waals surface area (Å²) in [5.41, 5.74) is 2.74. The molecular formula is C20H25ClN6O2. The van der Waals surface area contributed by atoms with Gasteiger partial charge in [-0.05, 0) is 31.5 Å². The summed E-state index contributed by atoms with van der Waals surface area (Å²) in [7, 11) is 1.73. The van der Waals surface area contributed by atoms with Crippen LogP contribution in [0.3, 0.4) is 0 Å². The van der Waals surface area contributed by atoms with Crippen LogP contribution < -0.4 is 5.32 Å². The van der Waals surface area contributed by atoms with Gasteiger partial charge in [-0.3, -0.25) is 20.0 Å². The standard InChI is InChI=1S/C20H25ClN6O2/c1-12(2)9-27-19-22-17-16(25(19)10-13(3)23-27)18(28)26(20(29)24(17)4)11-14-5-7-15(21)8-6-14/h5-8,16-17,19,22H,1,9-11H2,2-4H3. The van der Waals surface area contributed by atoms with Crippen molar-refractivity contribution in [2.75, 3.05) is 20.1 Å². The Morgan fingerprint density at radius 1 is 1.31 bits per heavy atom. The van der Waals surface area contributed by atoms with Gasteiger partial charge in [-0.1, -0.05) is 35.9 Å². The van der Waals surface area contributed by atoms with Crippen molar-refractivity contribution < 1.29 is 9.59 Å². The molecule has 154 valence electrons. The van der Waals surface area contributed by atoms with Crippen molar-refractivity contribution in [3.8, 4) is 0 Å². The molecule has 3 aliphatic heterocycles. The van der Waals surface area contributed by atoms with E-state index in [1.165, 1.54) is 4.90 Å². The van der Waals surface area contributed by atoms with E-state index in [4.69, 9.17) is 11.6 Å². The summed E-state index contributed by atoms with van der Waals surface area (Å²) >= 11 is 5.95. The molecule has 9 heteroatoms. The highest BCUT2D eigenvalue weighted by Crippen LogP contribution is 2.31. The molecule has 3 heterocycles. The lowest BCUT2D eigenvalue weighted by atomic mass is 10.1. The second-order valence-corrected chi connectivity index (χ2v) is 8.37. The number of amides is 3. The van der Waals surface area contributed by atoms with E-state index in [0.29, 0.717) is 18.1 Å². The smallest absolute Gasteiger partial charge is 0.310 e. The van der Waals surface area contributed by atoms with E-state index >= 15 is 0 Å². The monoisotopic (exact) mass is 416 g/mol. The Labute approximate surface area is 175 Å². The minimum Gasteiger partial charge on any atom is -0.310 e. The Hall–Kier alpha value is -2.42. The molecule has 0 saturated carbocycles. The van der Waals surface area contributed by atoms with Gasteiger partial charge in [-0.15, -0.1) is 0 Å². The lowest BCUT2D eigenvalue weighted by Crippen LogP contribution is -2.66. The van der Waals surface area contributed by atoms with Crippen LogP contribution in [0.1, 0.15) is 19.4 Å². The Balaban J connectivity index is 1.62. The van der Waals surface area contributed by atoms with Gasteiger partial charge in [0, 0.05) is 24.3 Å². The fourth-order valence-electron chi connectivity index (χ4n) is 4.17. The first-order valence-electron chi connectivity index (χ1n) is 9.56. The molecule has 2 saturated heterocycles. The molecule has 3 unspecified atom stereocenters. The molecule has 0 aliphatic carbocycles. The Morgan fingerprint density at radius 3 is 2.66 bits per heavy atom. The number of carbonyl (C=O) groups excluding carboxylic acids is 2. The predicted octanol–water partition coefficient (Wildman–Crippen LogP) is 1.89. The molecule has 3 amide bonds. The molecule has 0 aromatic heterocycles. The number of benzene rings is 1. The molecule has 0 bridgehead atoms. The van der Waals surface area contributed by atoms with E-state index in [0.717, 1.165) is 16.8 Å². The van der Waals surface area contributed by atoms with Crippen LogP contribution in [0.5, 0.6) is 0 Å². The minimum atomic E-state index is -0.479. The summed E-state index contributed by atoms with van der Waals surface area (Å²) in [5.74, 6) is -0.201. The van der Waals surface area contributed by atoms with Crippen LogP contribution in [-0.2, 0) is 11.3 Å². The number of fused-ring (bicyclic) bond motifs is 3. The van der Waals surface area contributed by atoms with Crippen molar-refractivity contribution >= 4 is 29.3 Å². The van der Waals surface area contributed by atoms with Crippen molar-refractivity contribution in [1.29, 1.82) is 0 Å². The highest BCUT2D eigenvalue weighted by Gasteiger charge is 2.56. The van der Waals surface area contributed by atoms with Crippen LogP contribution in [0.4, 0.5) is 4.79 Å². The summed E-state index contributed by atoms with van der Waals surface area (Å²) in [4.78, 5) is 31.4. The lowest BCUT2D eigenvalue weighted by molar-refractivity contribution is -0.139. The van der Waals surface area contributed by atoms with Gasteiger partial charge in [-0.25, -0.2) is 9.69 Å². The third-order valence-corrected chi connectivity index (χ3v) is 5.69. The van der Waals surface area contributed by atoms with E-state index in [-0.39, 0.29) is 24.8 Å². The normalized spacial score (nSPS) is 27.1. The van der Waals surface area contributed by atoms with E-state index in [9.17, 15) is 9.59 Å². The fourth-order valence-corrected chi connectivity index (χ4v) is 4.29. The molecular weight excluding hydrogens is 392 g/mol. The quantitative estimate of drug-likeness (QED) is 0.759. The zero-order chi connectivity index (χ0) is 20.9. The largest absolute Gasteiger partial charge is 0.328 e. The first kappa shape index (κ1) is 19.9. The number of urea groups is 1. The molecule has 0 spiro atoms. The molecule has 1 N–H and O–H groups in total. The van der Waals surface area contributed by atoms with E-state index in [1.807, 2.05) is 31.0 Å². The molecule has 2 fully saturated rings. The van der Waals surface area contributed by atoms with Gasteiger partial charge >= 0.3 is 6.03 Å². The van der Waals surface area contributed by atoms with Crippen LogP contribution in [-0.4, -0.2) is 76.0 Å². The number of carbonyl (C=O) groups is 2. The number of hydrogen-bond acceptors (Lipinski definition) is 6. The first-order chi connectivity index (χ1) is 13.8. The zero-order valence-electron chi connectivity index (χ0n) is 16.8. The maximum atomic E-state index is 13.4. The third-order valence-electron chi connectivity index (χ3n) is 5.44. The van der Waals surface area contributed by atoms with Crippen molar-refractivity contribution in [1.82, 2.24) is 25.0 Å². The zero-order valence-corrected chi connectivity index (χ0v) is 17.6. The summed E-state index contributed by atoms with van der Waals surface area (Å²) in [6.07, 6.45) is -0.671. The van der Waals surface area contributed by atoms with E-state index < -0.39 is 12.2 Å². The molecule has 4 rings (SSSR count). The topological polar surface area (TPSA) is 71.5 Å². The van der Waals surface area contributed by atoms with Gasteiger partial charge in [0.05, 0.1) is 13.1 Å². The molecule has 1 aromatic rings. The summed E-state index contributed by atoms with van der Waals surface area (Å²) in [6.45, 7) is 9.22. The van der Waals surface area contributed by atoms with Crippen LogP contribution in [0.2, 0.25) is 5.02 Å². The average Bonchev–Trinajstić information content (AvgIpc) is 3.04. The van der Waals surface area contributed by atoms with Crippen LogP contribution in [0.25, 0.3) is 0 Å². The Morgan fingerprint density at radius 2 is 2.00 bits per heavy atom. The minimum absolute atomic E-state index is 0.201. The molecule has 3 atom stereocenters. The van der Waals surface area contributed by atoms with E-state index in [2.05, 4.69) is 21.9 Å². The number of imide groups is 1. The van der Waals surface area contributed by atoms with Crippen LogP contribution in [0.15, 0.2) is 41.5 Å². The average molecular weight is 417 g/mol. The maximum Gasteiger partial charge on any atom is 0.328 e. The fraction of sp³-hybridized carbons (Fsp3) is 0.450. The van der Waals surface area contributed by atoms with Gasteiger partial charge in [-0.2, -0.15) is 5.10 Å². The number of halogens is 1. The van der Waals surface area contributed by atoms with Gasteiger partial charge in [0.2, 0.25) is 0 Å². The molecule has 3 aliphatic rings. The molecule has 1 aromatic carbocycles. The van der Waals surface area contributed by atoms with Gasteiger partial charge in [0.15, 0.2) is 6.29 Å². The van der Waals surface area contributed by atoms with Gasteiger partial charge < -0.3 is 4.90 Å². The molecule has 29 heavy (non-hydrogen) atoms. The molecule has 0 radical (unpaired) electrons. The number of rotatable bonds is 4. The Bertz CT molecular complexity index is 885. The third kappa shape index (κ3) is 3.52. The van der Waals surface area contributed by atoms with Crippen molar-refractivity contribution in [2.45, 2.75) is 38.9 Å². The number of hydrazone groups is 1. The van der Waals surface area contributed by atoms with Crippen molar-refractivity contribution in [2.24, 2.45) is 5.10 Å². The van der Waals surface area contributed by atoms with Gasteiger partial charge in [0.25, 0.3) is 5.91 Å². The summed E-state index contributed by atoms with van der Waals surface area (Å²) < 4.78 is 0. The summed E-state index contributed by atoms with van der Waals surface area (Å²) in [6, 6.07) is 6.38. The number of nitrogens with zero attached hydrogens (tertiary/aromatic N) is 5. The SMILES string of the molecule is C=C(C)CN1N=C(C)CN2C3C(=O)N(Cc4ccc(Cl)cc4)C(=O)N(C)C3NC12. The van der Waals surface area contributed by atoms with Crippen LogP contribution in [0, 0.1) is 0 Å². The highest BCUT2D eigenvalue weighted by molar-refractivity contribution is 6.30. The van der Waals surface area contributed by atoms with Gasteiger partial charge in [0.1, 0.15) is 12.2 Å². The Kier molecular flexibility index (Phi) is 5.10. The van der Waals surface area contributed by atoms with E-state index in [1.54, 1.807) is 24.1 Å². The lowest BCUT2D eigenvalue weighted by Gasteiger charge is -2.42. The van der Waals surface area contributed by atoms with Crippen LogP contribution >= 0.6 is 11.6 Å².